The van der Waals surface area contributed by atoms with Crippen molar-refractivity contribution in [3.05, 3.63) is 28.8 Å². The van der Waals surface area contributed by atoms with Crippen LogP contribution in [0.4, 0.5) is 0 Å². The van der Waals surface area contributed by atoms with Crippen LogP contribution in [-0.2, 0) is 0 Å². The van der Waals surface area contributed by atoms with Crippen molar-refractivity contribution in [2.45, 2.75) is 18.9 Å². The lowest BCUT2D eigenvalue weighted by Gasteiger charge is -2.22. The molecule has 92 valence electrons. The monoisotopic (exact) mass is 271 g/mol. The molecule has 1 saturated heterocycles. The number of nitrogens with one attached hydrogen (secondary N) is 1. The molecule has 0 bridgehead atoms. The second-order valence-electron chi connectivity index (χ2n) is 4.05. The maximum absolute atomic E-state index is 12.0. The van der Waals surface area contributed by atoms with Gasteiger partial charge in [0.15, 0.2) is 0 Å². The van der Waals surface area contributed by atoms with Crippen molar-refractivity contribution in [2.24, 2.45) is 0 Å². The van der Waals surface area contributed by atoms with Gasteiger partial charge in [0.25, 0.3) is 5.91 Å². The molecule has 1 aromatic carbocycles. The van der Waals surface area contributed by atoms with Crippen LogP contribution in [0, 0.1) is 0 Å². The molecule has 0 radical (unpaired) electrons. The van der Waals surface area contributed by atoms with Crippen LogP contribution >= 0.6 is 23.4 Å². The van der Waals surface area contributed by atoms with Crippen LogP contribution in [0.1, 0.15) is 23.2 Å². The number of halogens is 1. The van der Waals surface area contributed by atoms with Crippen LogP contribution in [0.5, 0.6) is 5.75 Å². The summed E-state index contributed by atoms with van der Waals surface area (Å²) in [5.41, 5.74) is 0.335. The molecule has 0 aromatic heterocycles. The van der Waals surface area contributed by atoms with Gasteiger partial charge in [-0.3, -0.25) is 4.79 Å². The molecular formula is C12H14ClNO2S. The highest BCUT2D eigenvalue weighted by molar-refractivity contribution is 7.99. The predicted octanol–water partition coefficient (Wildman–Crippen LogP) is 2.67. The summed E-state index contributed by atoms with van der Waals surface area (Å²) in [7, 11) is 0. The number of hydrogen-bond donors (Lipinski definition) is 2. The van der Waals surface area contributed by atoms with Gasteiger partial charge in [-0.1, -0.05) is 11.6 Å². The number of phenolic OH excluding ortho intramolecular Hbond substituents is 1. The average Bonchev–Trinajstić information content (AvgIpc) is 2.33. The Hall–Kier alpha value is -0.870. The highest BCUT2D eigenvalue weighted by atomic mass is 35.5. The summed E-state index contributed by atoms with van der Waals surface area (Å²) < 4.78 is 0. The van der Waals surface area contributed by atoms with E-state index in [-0.39, 0.29) is 17.7 Å². The van der Waals surface area contributed by atoms with E-state index >= 15 is 0 Å². The van der Waals surface area contributed by atoms with Gasteiger partial charge in [0.2, 0.25) is 0 Å². The first kappa shape index (κ1) is 12.6. The number of rotatable bonds is 2. The third-order valence-electron chi connectivity index (χ3n) is 2.69. The van der Waals surface area contributed by atoms with Crippen molar-refractivity contribution < 1.29 is 9.90 Å². The maximum atomic E-state index is 12.0. The summed E-state index contributed by atoms with van der Waals surface area (Å²) in [5, 5.41) is 12.7. The highest BCUT2D eigenvalue weighted by Gasteiger charge is 2.18. The fraction of sp³-hybridized carbons (Fsp3) is 0.417. The van der Waals surface area contributed by atoms with Gasteiger partial charge in [-0.2, -0.15) is 11.8 Å². The number of carbonyl (C=O) groups is 1. The van der Waals surface area contributed by atoms with Crippen LogP contribution in [0.3, 0.4) is 0 Å². The molecule has 2 rings (SSSR count). The van der Waals surface area contributed by atoms with E-state index in [4.69, 9.17) is 11.6 Å². The molecular weight excluding hydrogens is 258 g/mol. The second kappa shape index (κ2) is 5.65. The molecule has 17 heavy (non-hydrogen) atoms. The van der Waals surface area contributed by atoms with Gasteiger partial charge in [0, 0.05) is 11.8 Å². The third kappa shape index (κ3) is 3.30. The van der Waals surface area contributed by atoms with Crippen LogP contribution < -0.4 is 5.32 Å². The molecule has 0 spiro atoms. The summed E-state index contributed by atoms with van der Waals surface area (Å²) in [6.07, 6.45) is 2.14. The standard InChI is InChI=1S/C12H14ClNO2S/c13-11-4-3-9(15)6-10(11)12(16)14-8-2-1-5-17-7-8/h3-4,6,8,15H,1-2,5,7H2,(H,14,16). The van der Waals surface area contributed by atoms with E-state index in [1.807, 2.05) is 11.8 Å². The SMILES string of the molecule is O=C(NC1CCCSC1)c1cc(O)ccc1Cl. The number of thioether (sulfide) groups is 1. The smallest absolute Gasteiger partial charge is 0.253 e. The van der Waals surface area contributed by atoms with E-state index < -0.39 is 0 Å². The van der Waals surface area contributed by atoms with E-state index in [9.17, 15) is 9.90 Å². The molecule has 0 aliphatic carbocycles. The lowest BCUT2D eigenvalue weighted by Crippen LogP contribution is -2.38. The van der Waals surface area contributed by atoms with E-state index in [1.165, 1.54) is 24.0 Å². The predicted molar refractivity (Wildman–Crippen MR) is 70.9 cm³/mol. The minimum atomic E-state index is -0.210. The van der Waals surface area contributed by atoms with E-state index in [1.54, 1.807) is 0 Å². The molecule has 1 atom stereocenters. The first-order valence-corrected chi connectivity index (χ1v) is 7.07. The normalized spacial score (nSPS) is 19.9. The first-order valence-electron chi connectivity index (χ1n) is 5.54. The van der Waals surface area contributed by atoms with Crippen molar-refractivity contribution in [3.8, 4) is 5.75 Å². The van der Waals surface area contributed by atoms with Crippen molar-refractivity contribution in [3.63, 3.8) is 0 Å². The Morgan fingerprint density at radius 2 is 2.35 bits per heavy atom. The summed E-state index contributed by atoms with van der Waals surface area (Å²) in [5.74, 6) is 1.96. The lowest BCUT2D eigenvalue weighted by molar-refractivity contribution is 0.0938. The van der Waals surface area contributed by atoms with E-state index in [0.29, 0.717) is 10.6 Å². The minimum absolute atomic E-state index is 0.0533. The maximum Gasteiger partial charge on any atom is 0.253 e. The Kier molecular flexibility index (Phi) is 4.18. The second-order valence-corrected chi connectivity index (χ2v) is 5.61. The van der Waals surface area contributed by atoms with Gasteiger partial charge in [-0.25, -0.2) is 0 Å². The first-order chi connectivity index (χ1) is 8.16. The molecule has 2 N–H and O–H groups in total. The van der Waals surface area contributed by atoms with Crippen molar-refractivity contribution in [1.29, 1.82) is 0 Å². The fourth-order valence-corrected chi connectivity index (χ4v) is 3.08. The summed E-state index contributed by atoms with van der Waals surface area (Å²) in [4.78, 5) is 12.0. The van der Waals surface area contributed by atoms with Crippen LogP contribution in [0.15, 0.2) is 18.2 Å². The summed E-state index contributed by atoms with van der Waals surface area (Å²) in [6.45, 7) is 0. The van der Waals surface area contributed by atoms with Gasteiger partial charge in [0.1, 0.15) is 5.75 Å². The van der Waals surface area contributed by atoms with Gasteiger partial charge >= 0.3 is 0 Å². The largest absolute Gasteiger partial charge is 0.508 e. The number of phenols is 1. The van der Waals surface area contributed by atoms with Crippen molar-refractivity contribution in [2.75, 3.05) is 11.5 Å². The zero-order chi connectivity index (χ0) is 12.3. The molecule has 0 saturated carbocycles. The zero-order valence-electron chi connectivity index (χ0n) is 9.28. The molecule has 5 heteroatoms. The van der Waals surface area contributed by atoms with E-state index in [0.717, 1.165) is 18.6 Å². The van der Waals surface area contributed by atoms with Crippen LogP contribution in [0.25, 0.3) is 0 Å². The summed E-state index contributed by atoms with van der Waals surface area (Å²) in [6, 6.07) is 4.60. The Labute approximate surface area is 110 Å². The lowest BCUT2D eigenvalue weighted by atomic mass is 10.1. The number of carbonyl (C=O) groups excluding carboxylic acids is 1. The van der Waals surface area contributed by atoms with Gasteiger partial charge in [-0.05, 0) is 36.8 Å². The van der Waals surface area contributed by atoms with Gasteiger partial charge in [0.05, 0.1) is 10.6 Å². The van der Waals surface area contributed by atoms with Crippen LogP contribution in [-0.4, -0.2) is 28.6 Å². The van der Waals surface area contributed by atoms with E-state index in [2.05, 4.69) is 5.32 Å². The van der Waals surface area contributed by atoms with Crippen molar-refractivity contribution >= 4 is 29.3 Å². The number of hydrogen-bond acceptors (Lipinski definition) is 3. The molecule has 1 unspecified atom stereocenters. The average molecular weight is 272 g/mol. The number of benzene rings is 1. The Balaban J connectivity index is 2.05. The molecule has 1 heterocycles. The molecule has 1 aromatic rings. The molecule has 1 fully saturated rings. The number of aromatic hydroxyl groups is 1. The van der Waals surface area contributed by atoms with Gasteiger partial charge in [-0.15, -0.1) is 0 Å². The highest BCUT2D eigenvalue weighted by Crippen LogP contribution is 2.22. The quantitative estimate of drug-likeness (QED) is 0.869. The minimum Gasteiger partial charge on any atom is -0.508 e. The number of amides is 1. The Morgan fingerprint density at radius 1 is 1.53 bits per heavy atom. The molecule has 1 amide bonds. The van der Waals surface area contributed by atoms with Crippen molar-refractivity contribution in [1.82, 2.24) is 5.32 Å². The Bertz CT molecular complexity index is 419. The van der Waals surface area contributed by atoms with Gasteiger partial charge < -0.3 is 10.4 Å². The third-order valence-corrected chi connectivity index (χ3v) is 4.24. The fourth-order valence-electron chi connectivity index (χ4n) is 1.80. The topological polar surface area (TPSA) is 49.3 Å². The molecule has 1 aliphatic rings. The molecule has 3 nitrogen and oxygen atoms in total. The zero-order valence-corrected chi connectivity index (χ0v) is 10.9. The Morgan fingerprint density at radius 3 is 3.06 bits per heavy atom. The van der Waals surface area contributed by atoms with Crippen LogP contribution in [0.2, 0.25) is 5.02 Å². The summed E-state index contributed by atoms with van der Waals surface area (Å²) >= 11 is 7.78. The molecule has 1 aliphatic heterocycles.